The fourth-order valence-electron chi connectivity index (χ4n) is 0.792. The highest BCUT2D eigenvalue weighted by Gasteiger charge is 1.98. The second-order valence-corrected chi connectivity index (χ2v) is 2.36. The molecule has 0 radical (unpaired) electrons. The van der Waals surface area contributed by atoms with Crippen molar-refractivity contribution in [2.45, 2.75) is 6.92 Å². The van der Waals surface area contributed by atoms with E-state index in [1.54, 1.807) is 20.0 Å². The van der Waals surface area contributed by atoms with Gasteiger partial charge in [0.1, 0.15) is 5.76 Å². The lowest BCUT2D eigenvalue weighted by atomic mass is 10.3. The zero-order chi connectivity index (χ0) is 8.43. The molecular formula is C7H10N2O2. The van der Waals surface area contributed by atoms with E-state index in [1.807, 2.05) is 0 Å². The van der Waals surface area contributed by atoms with E-state index < -0.39 is 0 Å². The summed E-state index contributed by atoms with van der Waals surface area (Å²) >= 11 is 0. The third-order valence-corrected chi connectivity index (χ3v) is 1.29. The van der Waals surface area contributed by atoms with Crippen LogP contribution in [0.15, 0.2) is 21.3 Å². The third-order valence-electron chi connectivity index (χ3n) is 1.29. The minimum Gasteiger partial charge on any atom is -0.428 e. The monoisotopic (exact) mass is 154 g/mol. The van der Waals surface area contributed by atoms with Gasteiger partial charge in [0, 0.05) is 19.2 Å². The van der Waals surface area contributed by atoms with E-state index in [0.717, 1.165) is 0 Å². The zero-order valence-electron chi connectivity index (χ0n) is 6.50. The first-order valence-electron chi connectivity index (χ1n) is 3.20. The van der Waals surface area contributed by atoms with Crippen molar-refractivity contribution in [1.29, 1.82) is 0 Å². The molecule has 11 heavy (non-hydrogen) atoms. The summed E-state index contributed by atoms with van der Waals surface area (Å²) in [5.74, 6) is 5.96. The van der Waals surface area contributed by atoms with Crippen molar-refractivity contribution in [2.75, 3.05) is 12.1 Å². The van der Waals surface area contributed by atoms with Crippen molar-refractivity contribution in [3.8, 4) is 0 Å². The molecule has 1 rings (SSSR count). The Morgan fingerprint density at radius 3 is 2.64 bits per heavy atom. The van der Waals surface area contributed by atoms with Gasteiger partial charge >= 0.3 is 5.63 Å². The summed E-state index contributed by atoms with van der Waals surface area (Å²) in [5, 5.41) is 1.36. The number of anilines is 1. The van der Waals surface area contributed by atoms with Crippen LogP contribution >= 0.6 is 0 Å². The summed E-state index contributed by atoms with van der Waals surface area (Å²) < 4.78 is 4.73. The second-order valence-electron chi connectivity index (χ2n) is 2.36. The highest BCUT2D eigenvalue weighted by Crippen LogP contribution is 2.07. The third kappa shape index (κ3) is 1.81. The zero-order valence-corrected chi connectivity index (χ0v) is 6.50. The van der Waals surface area contributed by atoms with Crippen LogP contribution in [0.25, 0.3) is 0 Å². The molecule has 0 bridgehead atoms. The number of aryl methyl sites for hydroxylation is 1. The molecule has 0 unspecified atom stereocenters. The van der Waals surface area contributed by atoms with Gasteiger partial charge in [-0.2, -0.15) is 0 Å². The topological polar surface area (TPSA) is 59.5 Å². The first kappa shape index (κ1) is 7.81. The Labute approximate surface area is 64.2 Å². The Morgan fingerprint density at radius 1 is 1.55 bits per heavy atom. The van der Waals surface area contributed by atoms with E-state index in [1.165, 1.54) is 11.1 Å². The summed E-state index contributed by atoms with van der Waals surface area (Å²) in [5.41, 5.74) is 0.274. The molecule has 0 amide bonds. The standard InChI is InChI=1S/C7H10N2O2/c1-5-3-6(9(2)8)4-7(10)11-5/h3-4H,8H2,1-2H3. The van der Waals surface area contributed by atoms with Crippen molar-refractivity contribution in [3.63, 3.8) is 0 Å². The highest BCUT2D eigenvalue weighted by atomic mass is 16.4. The van der Waals surface area contributed by atoms with E-state index in [9.17, 15) is 4.79 Å². The largest absolute Gasteiger partial charge is 0.428 e. The van der Waals surface area contributed by atoms with Crippen LogP contribution in [0.2, 0.25) is 0 Å². The second kappa shape index (κ2) is 2.75. The van der Waals surface area contributed by atoms with E-state index in [2.05, 4.69) is 0 Å². The summed E-state index contributed by atoms with van der Waals surface area (Å²) in [6.07, 6.45) is 0. The molecule has 1 aromatic heterocycles. The average molecular weight is 154 g/mol. The fourth-order valence-corrected chi connectivity index (χ4v) is 0.792. The van der Waals surface area contributed by atoms with Crippen molar-refractivity contribution in [1.82, 2.24) is 0 Å². The fraction of sp³-hybridized carbons (Fsp3) is 0.286. The molecule has 1 aromatic rings. The summed E-state index contributed by atoms with van der Waals surface area (Å²) in [7, 11) is 1.66. The molecule has 0 atom stereocenters. The van der Waals surface area contributed by atoms with Crippen LogP contribution in [0.5, 0.6) is 0 Å². The first-order valence-corrected chi connectivity index (χ1v) is 3.20. The molecule has 4 nitrogen and oxygen atoms in total. The predicted octanol–water partition coefficient (Wildman–Crippen LogP) is 0.258. The number of nitrogens with two attached hydrogens (primary N) is 1. The SMILES string of the molecule is Cc1cc(N(C)N)cc(=O)o1. The highest BCUT2D eigenvalue weighted by molar-refractivity contribution is 5.42. The summed E-state index contributed by atoms with van der Waals surface area (Å²) in [6.45, 7) is 1.70. The van der Waals surface area contributed by atoms with Gasteiger partial charge in [0.2, 0.25) is 0 Å². The Balaban J connectivity index is 3.19. The molecule has 4 heteroatoms. The van der Waals surface area contributed by atoms with Gasteiger partial charge < -0.3 is 9.43 Å². The van der Waals surface area contributed by atoms with E-state index >= 15 is 0 Å². The van der Waals surface area contributed by atoms with Crippen LogP contribution in [0.3, 0.4) is 0 Å². The quantitative estimate of drug-likeness (QED) is 0.465. The Morgan fingerprint density at radius 2 is 2.18 bits per heavy atom. The maximum absolute atomic E-state index is 10.8. The van der Waals surface area contributed by atoms with Gasteiger partial charge in [0.15, 0.2) is 0 Å². The van der Waals surface area contributed by atoms with Crippen LogP contribution in [0.1, 0.15) is 5.76 Å². The maximum atomic E-state index is 10.8. The number of nitrogens with zero attached hydrogens (tertiary/aromatic N) is 1. The predicted molar refractivity (Wildman–Crippen MR) is 42.3 cm³/mol. The van der Waals surface area contributed by atoms with Gasteiger partial charge in [-0.1, -0.05) is 0 Å². The van der Waals surface area contributed by atoms with Gasteiger partial charge in [0.25, 0.3) is 0 Å². The van der Waals surface area contributed by atoms with Gasteiger partial charge in [-0.25, -0.2) is 10.6 Å². The van der Waals surface area contributed by atoms with Crippen LogP contribution in [0, 0.1) is 6.92 Å². The molecule has 1 heterocycles. The molecule has 0 aliphatic carbocycles. The molecule has 0 saturated heterocycles. The van der Waals surface area contributed by atoms with Crippen molar-refractivity contribution in [3.05, 3.63) is 28.3 Å². The van der Waals surface area contributed by atoms with Crippen LogP contribution in [-0.4, -0.2) is 7.05 Å². The molecule has 0 aliphatic rings. The van der Waals surface area contributed by atoms with Gasteiger partial charge in [-0.05, 0) is 6.92 Å². The Bertz CT molecular complexity index is 304. The van der Waals surface area contributed by atoms with Gasteiger partial charge in [0.05, 0.1) is 5.69 Å². The molecule has 0 aromatic carbocycles. The van der Waals surface area contributed by atoms with Gasteiger partial charge in [-0.15, -0.1) is 0 Å². The summed E-state index contributed by atoms with van der Waals surface area (Å²) in [6, 6.07) is 3.04. The molecule has 0 fully saturated rings. The van der Waals surface area contributed by atoms with Crippen molar-refractivity contribution >= 4 is 5.69 Å². The molecule has 0 saturated carbocycles. The molecule has 0 spiro atoms. The minimum atomic E-state index is -0.377. The van der Waals surface area contributed by atoms with Crippen molar-refractivity contribution < 1.29 is 4.42 Å². The number of hydrazine groups is 1. The summed E-state index contributed by atoms with van der Waals surface area (Å²) in [4.78, 5) is 10.8. The molecule has 0 aliphatic heterocycles. The maximum Gasteiger partial charge on any atom is 0.337 e. The molecular weight excluding hydrogens is 144 g/mol. The van der Waals surface area contributed by atoms with Crippen LogP contribution in [-0.2, 0) is 0 Å². The van der Waals surface area contributed by atoms with Crippen molar-refractivity contribution in [2.24, 2.45) is 5.84 Å². The Kier molecular flexibility index (Phi) is 1.96. The smallest absolute Gasteiger partial charge is 0.337 e. The minimum absolute atomic E-state index is 0.377. The van der Waals surface area contributed by atoms with E-state index in [0.29, 0.717) is 11.4 Å². The number of hydrogen-bond acceptors (Lipinski definition) is 4. The van der Waals surface area contributed by atoms with E-state index in [-0.39, 0.29) is 5.63 Å². The molecule has 2 N–H and O–H groups in total. The normalized spacial score (nSPS) is 9.73. The van der Waals surface area contributed by atoms with E-state index in [4.69, 9.17) is 10.3 Å². The lowest BCUT2D eigenvalue weighted by Crippen LogP contribution is -2.26. The lowest BCUT2D eigenvalue weighted by molar-refractivity contribution is 0.480. The molecule has 60 valence electrons. The number of hydrogen-bond donors (Lipinski definition) is 1. The Hall–Kier alpha value is -1.29. The number of rotatable bonds is 1. The first-order chi connectivity index (χ1) is 5.09. The average Bonchev–Trinajstić information content (AvgIpc) is 1.85. The van der Waals surface area contributed by atoms with Crippen LogP contribution < -0.4 is 16.5 Å². The van der Waals surface area contributed by atoms with Crippen LogP contribution in [0.4, 0.5) is 5.69 Å². The lowest BCUT2D eigenvalue weighted by Gasteiger charge is -2.10. The van der Waals surface area contributed by atoms with Gasteiger partial charge in [-0.3, -0.25) is 0 Å².